The third-order valence-corrected chi connectivity index (χ3v) is 1.75. The van der Waals surface area contributed by atoms with Crippen molar-refractivity contribution >= 4 is 21.9 Å². The van der Waals surface area contributed by atoms with Crippen LogP contribution in [-0.4, -0.2) is 11.0 Å². The SMILES string of the molecule is Brc1cnc(NC2CC2)o1. The molecule has 0 atom stereocenters. The number of oxazole rings is 1. The van der Waals surface area contributed by atoms with Crippen molar-refractivity contribution in [3.63, 3.8) is 0 Å². The summed E-state index contributed by atoms with van der Waals surface area (Å²) in [5, 5.41) is 3.13. The molecule has 0 bridgehead atoms. The van der Waals surface area contributed by atoms with Crippen molar-refractivity contribution in [2.75, 3.05) is 5.32 Å². The molecule has 0 amide bonds. The first-order chi connectivity index (χ1) is 4.84. The Balaban J connectivity index is 2.03. The monoisotopic (exact) mass is 202 g/mol. The molecular weight excluding hydrogens is 196 g/mol. The Bertz CT molecular complexity index is 231. The first kappa shape index (κ1) is 6.22. The second kappa shape index (κ2) is 2.27. The summed E-state index contributed by atoms with van der Waals surface area (Å²) >= 11 is 3.17. The summed E-state index contributed by atoms with van der Waals surface area (Å²) in [7, 11) is 0. The molecule has 2 rings (SSSR count). The van der Waals surface area contributed by atoms with Crippen LogP contribution in [0.1, 0.15) is 12.8 Å². The van der Waals surface area contributed by atoms with Gasteiger partial charge in [-0.2, -0.15) is 0 Å². The van der Waals surface area contributed by atoms with E-state index in [1.54, 1.807) is 6.20 Å². The molecule has 0 aromatic carbocycles. The summed E-state index contributed by atoms with van der Waals surface area (Å²) in [6.07, 6.45) is 4.12. The van der Waals surface area contributed by atoms with Crippen molar-refractivity contribution < 1.29 is 4.42 Å². The summed E-state index contributed by atoms with van der Waals surface area (Å²) in [4.78, 5) is 3.97. The highest BCUT2D eigenvalue weighted by atomic mass is 79.9. The van der Waals surface area contributed by atoms with Crippen molar-refractivity contribution in [1.82, 2.24) is 4.98 Å². The van der Waals surface area contributed by atoms with Crippen LogP contribution in [0.4, 0.5) is 6.01 Å². The molecule has 0 spiro atoms. The number of rotatable bonds is 2. The van der Waals surface area contributed by atoms with E-state index >= 15 is 0 Å². The number of aromatic nitrogens is 1. The standard InChI is InChI=1S/C6H7BrN2O/c7-5-3-8-6(10-5)9-4-1-2-4/h3-4H,1-2H2,(H,8,9). The topological polar surface area (TPSA) is 38.1 Å². The van der Waals surface area contributed by atoms with E-state index in [1.807, 2.05) is 0 Å². The molecular formula is C6H7BrN2O. The first-order valence-electron chi connectivity index (χ1n) is 3.22. The third-order valence-electron chi connectivity index (χ3n) is 1.38. The number of halogens is 1. The highest BCUT2D eigenvalue weighted by Gasteiger charge is 2.22. The molecule has 1 aromatic heterocycles. The van der Waals surface area contributed by atoms with Gasteiger partial charge in [-0.25, -0.2) is 4.98 Å². The maximum Gasteiger partial charge on any atom is 0.295 e. The normalized spacial score (nSPS) is 17.3. The molecule has 0 saturated heterocycles. The van der Waals surface area contributed by atoms with Crippen LogP contribution in [0.5, 0.6) is 0 Å². The summed E-state index contributed by atoms with van der Waals surface area (Å²) in [5.74, 6) is 0. The van der Waals surface area contributed by atoms with Crippen molar-refractivity contribution in [2.24, 2.45) is 0 Å². The van der Waals surface area contributed by atoms with Crippen molar-refractivity contribution in [3.8, 4) is 0 Å². The van der Waals surface area contributed by atoms with Gasteiger partial charge in [0.1, 0.15) is 0 Å². The molecule has 1 aromatic rings. The molecule has 0 unspecified atom stereocenters. The Hall–Kier alpha value is -0.510. The van der Waals surface area contributed by atoms with Crippen LogP contribution < -0.4 is 5.32 Å². The van der Waals surface area contributed by atoms with Gasteiger partial charge in [-0.15, -0.1) is 0 Å². The minimum atomic E-state index is 0.602. The molecule has 54 valence electrons. The van der Waals surface area contributed by atoms with Crippen LogP contribution >= 0.6 is 15.9 Å². The van der Waals surface area contributed by atoms with E-state index in [4.69, 9.17) is 4.42 Å². The molecule has 4 heteroatoms. The molecule has 3 nitrogen and oxygen atoms in total. The average Bonchev–Trinajstić information content (AvgIpc) is 2.59. The lowest BCUT2D eigenvalue weighted by Gasteiger charge is -1.93. The number of nitrogens with one attached hydrogen (secondary N) is 1. The van der Waals surface area contributed by atoms with Crippen LogP contribution in [0.25, 0.3) is 0 Å². The lowest BCUT2D eigenvalue weighted by molar-refractivity contribution is 0.546. The molecule has 1 aliphatic rings. The highest BCUT2D eigenvalue weighted by molar-refractivity contribution is 9.10. The van der Waals surface area contributed by atoms with Gasteiger partial charge < -0.3 is 9.73 Å². The zero-order valence-corrected chi connectivity index (χ0v) is 6.89. The molecule has 0 aliphatic heterocycles. The van der Waals surface area contributed by atoms with Gasteiger partial charge in [0.2, 0.25) is 0 Å². The first-order valence-corrected chi connectivity index (χ1v) is 4.02. The predicted molar refractivity (Wildman–Crippen MR) is 40.8 cm³/mol. The largest absolute Gasteiger partial charge is 0.417 e. The molecule has 1 aliphatic carbocycles. The second-order valence-corrected chi connectivity index (χ2v) is 3.17. The van der Waals surface area contributed by atoms with Gasteiger partial charge in [-0.1, -0.05) is 0 Å². The highest BCUT2D eigenvalue weighted by Crippen LogP contribution is 2.25. The van der Waals surface area contributed by atoms with E-state index in [2.05, 4.69) is 26.2 Å². The van der Waals surface area contributed by atoms with Crippen LogP contribution in [0.3, 0.4) is 0 Å². The zero-order chi connectivity index (χ0) is 6.97. The minimum absolute atomic E-state index is 0.602. The van der Waals surface area contributed by atoms with Gasteiger partial charge in [0.15, 0.2) is 4.67 Å². The summed E-state index contributed by atoms with van der Waals surface area (Å²) < 4.78 is 5.81. The lowest BCUT2D eigenvalue weighted by atomic mass is 10.7. The van der Waals surface area contributed by atoms with E-state index in [0.29, 0.717) is 16.7 Å². The Morgan fingerprint density at radius 3 is 3.00 bits per heavy atom. The predicted octanol–water partition coefficient (Wildman–Crippen LogP) is 2.01. The zero-order valence-electron chi connectivity index (χ0n) is 5.30. The second-order valence-electron chi connectivity index (χ2n) is 2.39. The average molecular weight is 203 g/mol. The molecule has 1 saturated carbocycles. The maximum absolute atomic E-state index is 5.13. The number of anilines is 1. The molecule has 10 heavy (non-hydrogen) atoms. The van der Waals surface area contributed by atoms with Gasteiger partial charge in [0, 0.05) is 6.04 Å². The van der Waals surface area contributed by atoms with E-state index in [9.17, 15) is 0 Å². The van der Waals surface area contributed by atoms with Crippen molar-refractivity contribution in [1.29, 1.82) is 0 Å². The minimum Gasteiger partial charge on any atom is -0.417 e. The fourth-order valence-corrected chi connectivity index (χ4v) is 0.979. The number of hydrogen-bond acceptors (Lipinski definition) is 3. The van der Waals surface area contributed by atoms with E-state index in [-0.39, 0.29) is 0 Å². The molecule has 1 N–H and O–H groups in total. The van der Waals surface area contributed by atoms with Crippen molar-refractivity contribution in [2.45, 2.75) is 18.9 Å². The number of hydrogen-bond donors (Lipinski definition) is 1. The molecule has 1 fully saturated rings. The summed E-state index contributed by atoms with van der Waals surface area (Å²) in [6, 6.07) is 1.22. The fraction of sp³-hybridized carbons (Fsp3) is 0.500. The van der Waals surface area contributed by atoms with Gasteiger partial charge in [-0.3, -0.25) is 0 Å². The molecule has 1 heterocycles. The van der Waals surface area contributed by atoms with Crippen molar-refractivity contribution in [3.05, 3.63) is 10.9 Å². The van der Waals surface area contributed by atoms with Gasteiger partial charge in [0.25, 0.3) is 6.01 Å². The van der Waals surface area contributed by atoms with Crippen LogP contribution in [0.15, 0.2) is 15.3 Å². The lowest BCUT2D eigenvalue weighted by Crippen LogP contribution is -1.99. The fourth-order valence-electron chi connectivity index (χ4n) is 0.723. The van der Waals surface area contributed by atoms with Gasteiger partial charge >= 0.3 is 0 Å². The van der Waals surface area contributed by atoms with E-state index in [1.165, 1.54) is 12.8 Å². The van der Waals surface area contributed by atoms with E-state index in [0.717, 1.165) is 0 Å². The smallest absolute Gasteiger partial charge is 0.295 e. The Morgan fingerprint density at radius 1 is 1.70 bits per heavy atom. The Morgan fingerprint density at radius 2 is 2.50 bits per heavy atom. The van der Waals surface area contributed by atoms with Gasteiger partial charge in [0.05, 0.1) is 6.20 Å². The maximum atomic E-state index is 5.13. The van der Waals surface area contributed by atoms with Crippen LogP contribution in [-0.2, 0) is 0 Å². The van der Waals surface area contributed by atoms with E-state index < -0.39 is 0 Å². The summed E-state index contributed by atoms with van der Waals surface area (Å²) in [6.45, 7) is 0. The van der Waals surface area contributed by atoms with Crippen LogP contribution in [0.2, 0.25) is 0 Å². The Labute approximate surface area is 67.0 Å². The van der Waals surface area contributed by atoms with Crippen LogP contribution in [0, 0.1) is 0 Å². The van der Waals surface area contributed by atoms with Gasteiger partial charge in [-0.05, 0) is 28.8 Å². The summed E-state index contributed by atoms with van der Waals surface area (Å²) in [5.41, 5.74) is 0. The quantitative estimate of drug-likeness (QED) is 0.798. The Kier molecular flexibility index (Phi) is 1.41. The number of nitrogens with zero attached hydrogens (tertiary/aromatic N) is 1. The molecule has 0 radical (unpaired) electrons. The third kappa shape index (κ3) is 1.31.